The van der Waals surface area contributed by atoms with Crippen molar-refractivity contribution < 1.29 is 9.53 Å². The molecule has 0 bridgehead atoms. The standard InChI is InChI=1S/C20H22BrClN2O2S/c1-5-12-9-14-15(10-16(22)23-18(14)17(12)21)24(11-13-7-6-8-27-13)19(25)26-20(2,3)4/h6-8,10H,5,9,11H2,1-4H3. The van der Waals surface area contributed by atoms with Gasteiger partial charge in [-0.25, -0.2) is 9.78 Å². The van der Waals surface area contributed by atoms with Crippen LogP contribution in [0, 0.1) is 0 Å². The van der Waals surface area contributed by atoms with E-state index in [1.54, 1.807) is 22.3 Å². The van der Waals surface area contributed by atoms with Crippen molar-refractivity contribution in [2.45, 2.75) is 52.7 Å². The normalized spacial score (nSPS) is 13.7. The third-order valence-corrected chi connectivity index (χ3v) is 6.19. The summed E-state index contributed by atoms with van der Waals surface area (Å²) in [4.78, 5) is 20.3. The lowest BCUT2D eigenvalue weighted by atomic mass is 10.1. The van der Waals surface area contributed by atoms with E-state index >= 15 is 0 Å². The Labute approximate surface area is 177 Å². The number of amides is 1. The van der Waals surface area contributed by atoms with Crippen molar-refractivity contribution in [2.75, 3.05) is 4.90 Å². The summed E-state index contributed by atoms with van der Waals surface area (Å²) in [6.07, 6.45) is 1.27. The zero-order valence-electron chi connectivity index (χ0n) is 15.8. The van der Waals surface area contributed by atoms with Crippen molar-refractivity contribution in [1.29, 1.82) is 0 Å². The van der Waals surface area contributed by atoms with Crippen LogP contribution < -0.4 is 4.90 Å². The molecular formula is C20H22BrClN2O2S. The maximum atomic E-state index is 13.0. The van der Waals surface area contributed by atoms with Gasteiger partial charge in [0, 0.05) is 14.9 Å². The molecule has 0 aliphatic heterocycles. The van der Waals surface area contributed by atoms with Gasteiger partial charge < -0.3 is 4.74 Å². The van der Waals surface area contributed by atoms with Crippen LogP contribution in [-0.4, -0.2) is 16.7 Å². The fourth-order valence-corrected chi connectivity index (χ4v) is 4.62. The second-order valence-electron chi connectivity index (χ2n) is 7.38. The van der Waals surface area contributed by atoms with Crippen LogP contribution >= 0.6 is 38.9 Å². The molecule has 2 aromatic heterocycles. The average molecular weight is 470 g/mol. The fraction of sp³-hybridized carbons (Fsp3) is 0.400. The number of allylic oxidation sites excluding steroid dienone is 1. The molecule has 0 atom stereocenters. The number of carbonyl (C=O) groups excluding carboxylic acids is 1. The number of halogens is 2. The highest BCUT2D eigenvalue weighted by molar-refractivity contribution is 9.15. The topological polar surface area (TPSA) is 42.4 Å². The van der Waals surface area contributed by atoms with Crippen molar-refractivity contribution >= 4 is 55.1 Å². The van der Waals surface area contributed by atoms with E-state index in [2.05, 4.69) is 27.8 Å². The number of thiophene rings is 1. The molecular weight excluding hydrogens is 448 g/mol. The number of anilines is 1. The number of nitrogens with zero attached hydrogens (tertiary/aromatic N) is 2. The highest BCUT2D eigenvalue weighted by Crippen LogP contribution is 2.43. The summed E-state index contributed by atoms with van der Waals surface area (Å²) in [5, 5.41) is 2.36. The number of hydrogen-bond donors (Lipinski definition) is 0. The lowest BCUT2D eigenvalue weighted by Crippen LogP contribution is -2.37. The predicted molar refractivity (Wildman–Crippen MR) is 116 cm³/mol. The van der Waals surface area contributed by atoms with E-state index in [-0.39, 0.29) is 6.09 Å². The Kier molecular flexibility index (Phi) is 5.99. The Morgan fingerprint density at radius 2 is 2.19 bits per heavy atom. The second-order valence-corrected chi connectivity index (χ2v) is 9.60. The van der Waals surface area contributed by atoms with Crippen LogP contribution in [0.25, 0.3) is 4.48 Å². The summed E-state index contributed by atoms with van der Waals surface area (Å²) in [5.74, 6) is 0. The molecule has 0 saturated carbocycles. The quantitative estimate of drug-likeness (QED) is 0.462. The van der Waals surface area contributed by atoms with Gasteiger partial charge in [-0.2, -0.15) is 0 Å². The molecule has 2 heterocycles. The average Bonchev–Trinajstić information content (AvgIpc) is 3.19. The predicted octanol–water partition coefficient (Wildman–Crippen LogP) is 6.81. The molecule has 1 aliphatic rings. The number of pyridine rings is 1. The van der Waals surface area contributed by atoms with Gasteiger partial charge in [-0.05, 0) is 72.6 Å². The summed E-state index contributed by atoms with van der Waals surface area (Å²) in [5.41, 5.74) is 3.24. The highest BCUT2D eigenvalue weighted by Gasteiger charge is 2.31. The highest BCUT2D eigenvalue weighted by atomic mass is 79.9. The van der Waals surface area contributed by atoms with Crippen LogP contribution in [-0.2, 0) is 17.7 Å². The van der Waals surface area contributed by atoms with Crippen molar-refractivity contribution in [1.82, 2.24) is 4.98 Å². The molecule has 0 radical (unpaired) electrons. The molecule has 0 aromatic carbocycles. The molecule has 3 rings (SSSR count). The van der Waals surface area contributed by atoms with Gasteiger partial charge in [-0.3, -0.25) is 4.90 Å². The molecule has 0 unspecified atom stereocenters. The van der Waals surface area contributed by atoms with Gasteiger partial charge in [0.1, 0.15) is 10.8 Å². The number of ether oxygens (including phenoxy) is 1. The zero-order valence-corrected chi connectivity index (χ0v) is 19.0. The van der Waals surface area contributed by atoms with E-state index in [1.807, 2.05) is 38.3 Å². The van der Waals surface area contributed by atoms with Crippen molar-refractivity contribution in [3.8, 4) is 0 Å². The molecule has 0 N–H and O–H groups in total. The first-order valence-corrected chi connectivity index (χ1v) is 10.8. The van der Waals surface area contributed by atoms with E-state index in [0.29, 0.717) is 11.7 Å². The summed E-state index contributed by atoms with van der Waals surface area (Å²) >= 11 is 11.6. The van der Waals surface area contributed by atoms with Gasteiger partial charge in [-0.1, -0.05) is 24.6 Å². The smallest absolute Gasteiger partial charge is 0.415 e. The summed E-state index contributed by atoms with van der Waals surface area (Å²) < 4.78 is 6.66. The van der Waals surface area contributed by atoms with Gasteiger partial charge in [0.2, 0.25) is 0 Å². The van der Waals surface area contributed by atoms with E-state index < -0.39 is 5.60 Å². The van der Waals surface area contributed by atoms with Gasteiger partial charge in [0.05, 0.1) is 17.9 Å². The Bertz CT molecular complexity index is 888. The maximum Gasteiger partial charge on any atom is 0.415 e. The SMILES string of the molecule is CCC1=C(Br)c2nc(Cl)cc(N(Cc3cccs3)C(=O)OC(C)(C)C)c2C1. The lowest BCUT2D eigenvalue weighted by molar-refractivity contribution is 0.0577. The van der Waals surface area contributed by atoms with Crippen LogP contribution in [0.15, 0.2) is 29.2 Å². The minimum Gasteiger partial charge on any atom is -0.443 e. The summed E-state index contributed by atoms with van der Waals surface area (Å²) in [7, 11) is 0. The number of fused-ring (bicyclic) bond motifs is 1. The Morgan fingerprint density at radius 3 is 2.78 bits per heavy atom. The first-order valence-electron chi connectivity index (χ1n) is 8.79. The first kappa shape index (κ1) is 20.4. The third kappa shape index (κ3) is 4.55. The molecule has 1 amide bonds. The molecule has 1 aliphatic carbocycles. The molecule has 4 nitrogen and oxygen atoms in total. The van der Waals surface area contributed by atoms with E-state index in [1.165, 1.54) is 5.57 Å². The Morgan fingerprint density at radius 1 is 1.44 bits per heavy atom. The van der Waals surface area contributed by atoms with Gasteiger partial charge in [0.15, 0.2) is 0 Å². The number of aromatic nitrogens is 1. The maximum absolute atomic E-state index is 13.0. The minimum atomic E-state index is -0.585. The third-order valence-electron chi connectivity index (χ3n) is 4.20. The monoisotopic (exact) mass is 468 g/mol. The second kappa shape index (κ2) is 7.94. The molecule has 27 heavy (non-hydrogen) atoms. The van der Waals surface area contributed by atoms with Crippen molar-refractivity contribution in [3.63, 3.8) is 0 Å². The van der Waals surface area contributed by atoms with E-state index in [9.17, 15) is 4.79 Å². The molecule has 0 saturated heterocycles. The minimum absolute atomic E-state index is 0.359. The van der Waals surface area contributed by atoms with Crippen molar-refractivity contribution in [2.24, 2.45) is 0 Å². The summed E-state index contributed by atoms with van der Waals surface area (Å²) in [6.45, 7) is 8.14. The van der Waals surface area contributed by atoms with Gasteiger partial charge in [-0.15, -0.1) is 11.3 Å². The van der Waals surface area contributed by atoms with Crippen molar-refractivity contribution in [3.05, 3.63) is 50.4 Å². The molecule has 144 valence electrons. The lowest BCUT2D eigenvalue weighted by Gasteiger charge is -2.28. The Hall–Kier alpha value is -1.37. The molecule has 2 aromatic rings. The van der Waals surface area contributed by atoms with Crippen LogP contribution in [0.4, 0.5) is 10.5 Å². The number of rotatable bonds is 4. The van der Waals surface area contributed by atoms with E-state index in [0.717, 1.165) is 39.1 Å². The van der Waals surface area contributed by atoms with Crippen LogP contribution in [0.5, 0.6) is 0 Å². The Balaban J connectivity index is 2.06. The first-order chi connectivity index (χ1) is 12.7. The van der Waals surface area contributed by atoms with Crippen LogP contribution in [0.3, 0.4) is 0 Å². The fourth-order valence-electron chi connectivity index (χ4n) is 2.99. The van der Waals surface area contributed by atoms with Gasteiger partial charge in [0.25, 0.3) is 0 Å². The van der Waals surface area contributed by atoms with Crippen LogP contribution in [0.1, 0.15) is 50.3 Å². The molecule has 0 spiro atoms. The van der Waals surface area contributed by atoms with E-state index in [4.69, 9.17) is 16.3 Å². The molecule has 7 heteroatoms. The largest absolute Gasteiger partial charge is 0.443 e. The van der Waals surface area contributed by atoms with Crippen LogP contribution in [0.2, 0.25) is 5.15 Å². The summed E-state index contributed by atoms with van der Waals surface area (Å²) in [6, 6.07) is 5.75. The number of carbonyl (C=O) groups is 1. The zero-order chi connectivity index (χ0) is 19.8. The molecule has 0 fully saturated rings. The number of hydrogen-bond acceptors (Lipinski definition) is 4. The van der Waals surface area contributed by atoms with Gasteiger partial charge >= 0.3 is 6.09 Å².